The second kappa shape index (κ2) is 5.69. The molecule has 0 amide bonds. The van der Waals surface area contributed by atoms with E-state index < -0.39 is 0 Å². The van der Waals surface area contributed by atoms with Gasteiger partial charge in [-0.15, -0.1) is 0 Å². The van der Waals surface area contributed by atoms with Crippen LogP contribution in [-0.2, 0) is 0 Å². The molecule has 2 heteroatoms. The van der Waals surface area contributed by atoms with E-state index in [4.69, 9.17) is 5.73 Å². The highest BCUT2D eigenvalue weighted by atomic mass is 14.9. The summed E-state index contributed by atoms with van der Waals surface area (Å²) in [6.45, 7) is 7.39. The monoisotopic (exact) mass is 144 g/mol. The highest BCUT2D eigenvalue weighted by molar-refractivity contribution is 4.65. The van der Waals surface area contributed by atoms with E-state index in [0.29, 0.717) is 12.1 Å². The maximum absolute atomic E-state index is 5.77. The van der Waals surface area contributed by atoms with Crippen molar-refractivity contribution in [3.63, 3.8) is 0 Å². The number of hydrogen-bond acceptors (Lipinski definition) is 2. The van der Waals surface area contributed by atoms with Gasteiger partial charge in [-0.2, -0.15) is 0 Å². The predicted octanol–water partition coefficient (Wildman–Crippen LogP) is 1.11. The zero-order valence-corrected chi connectivity index (χ0v) is 7.35. The van der Waals surface area contributed by atoms with Gasteiger partial charge in [-0.3, -0.25) is 0 Å². The van der Waals surface area contributed by atoms with Crippen molar-refractivity contribution >= 4 is 0 Å². The summed E-state index contributed by atoms with van der Waals surface area (Å²) in [5, 5.41) is 3.31. The van der Waals surface area contributed by atoms with Crippen molar-refractivity contribution < 1.29 is 0 Å². The van der Waals surface area contributed by atoms with Gasteiger partial charge in [0.1, 0.15) is 0 Å². The fourth-order valence-corrected chi connectivity index (χ4v) is 0.860. The van der Waals surface area contributed by atoms with Crippen LogP contribution in [0.5, 0.6) is 0 Å². The van der Waals surface area contributed by atoms with Gasteiger partial charge in [0.25, 0.3) is 0 Å². The molecule has 0 spiro atoms. The summed E-state index contributed by atoms with van der Waals surface area (Å²) in [5.41, 5.74) is 5.77. The lowest BCUT2D eigenvalue weighted by Gasteiger charge is -2.13. The Bertz CT molecular complexity index is 71.7. The molecule has 1 atom stereocenters. The molecular weight excluding hydrogens is 124 g/mol. The Morgan fingerprint density at radius 2 is 2.00 bits per heavy atom. The third-order valence-electron chi connectivity index (χ3n) is 1.45. The lowest BCUT2D eigenvalue weighted by molar-refractivity contribution is 0.501. The standard InChI is InChI=1S/C8H20N2/c1-4-5-8(9)6-10-7(2)3/h7-8,10H,4-6,9H2,1-3H3/t8-/m1/s1. The Balaban J connectivity index is 3.12. The first-order valence-corrected chi connectivity index (χ1v) is 4.15. The minimum Gasteiger partial charge on any atom is -0.327 e. The summed E-state index contributed by atoms with van der Waals surface area (Å²) in [6.07, 6.45) is 2.31. The maximum Gasteiger partial charge on any atom is 0.0165 e. The van der Waals surface area contributed by atoms with Gasteiger partial charge in [0.05, 0.1) is 0 Å². The molecule has 0 unspecified atom stereocenters. The lowest BCUT2D eigenvalue weighted by Crippen LogP contribution is -2.36. The van der Waals surface area contributed by atoms with E-state index in [1.807, 2.05) is 0 Å². The Hall–Kier alpha value is -0.0800. The van der Waals surface area contributed by atoms with Crippen LogP contribution in [0, 0.1) is 0 Å². The van der Waals surface area contributed by atoms with Crippen molar-refractivity contribution in [2.24, 2.45) is 5.73 Å². The van der Waals surface area contributed by atoms with E-state index in [-0.39, 0.29) is 0 Å². The fraction of sp³-hybridized carbons (Fsp3) is 1.00. The van der Waals surface area contributed by atoms with E-state index in [9.17, 15) is 0 Å². The van der Waals surface area contributed by atoms with E-state index in [0.717, 1.165) is 13.0 Å². The SMILES string of the molecule is CCC[C@@H](N)CNC(C)C. The lowest BCUT2D eigenvalue weighted by atomic mass is 10.2. The third kappa shape index (κ3) is 6.05. The molecule has 62 valence electrons. The van der Waals surface area contributed by atoms with Crippen LogP contribution in [0.3, 0.4) is 0 Å². The van der Waals surface area contributed by atoms with Crippen molar-refractivity contribution in [3.8, 4) is 0 Å². The normalized spacial score (nSPS) is 14.1. The number of nitrogens with two attached hydrogens (primary N) is 1. The predicted molar refractivity (Wildman–Crippen MR) is 46.0 cm³/mol. The molecule has 0 fully saturated rings. The molecule has 0 rings (SSSR count). The van der Waals surface area contributed by atoms with Gasteiger partial charge in [-0.1, -0.05) is 27.2 Å². The maximum atomic E-state index is 5.77. The van der Waals surface area contributed by atoms with Crippen LogP contribution in [0.1, 0.15) is 33.6 Å². The number of nitrogens with one attached hydrogen (secondary N) is 1. The van der Waals surface area contributed by atoms with Crippen molar-refractivity contribution in [1.29, 1.82) is 0 Å². The van der Waals surface area contributed by atoms with Gasteiger partial charge in [0.2, 0.25) is 0 Å². The molecule has 0 saturated heterocycles. The molecule has 0 aromatic rings. The summed E-state index contributed by atoms with van der Waals surface area (Å²) in [5.74, 6) is 0. The molecule has 0 radical (unpaired) electrons. The average Bonchev–Trinajstić information content (AvgIpc) is 1.85. The summed E-state index contributed by atoms with van der Waals surface area (Å²) < 4.78 is 0. The molecule has 0 aliphatic heterocycles. The Labute approximate surface area is 64.2 Å². The van der Waals surface area contributed by atoms with Crippen molar-refractivity contribution in [2.75, 3.05) is 6.54 Å². The van der Waals surface area contributed by atoms with Crippen molar-refractivity contribution in [1.82, 2.24) is 5.32 Å². The molecule has 0 aromatic heterocycles. The first-order chi connectivity index (χ1) is 4.66. The number of rotatable bonds is 5. The highest BCUT2D eigenvalue weighted by Crippen LogP contribution is 1.91. The van der Waals surface area contributed by atoms with Crippen LogP contribution in [0.25, 0.3) is 0 Å². The number of hydrogen-bond donors (Lipinski definition) is 2. The molecule has 0 aliphatic carbocycles. The molecule has 0 aliphatic rings. The van der Waals surface area contributed by atoms with Gasteiger partial charge in [-0.05, 0) is 6.42 Å². The van der Waals surface area contributed by atoms with Gasteiger partial charge in [0, 0.05) is 18.6 Å². The van der Waals surface area contributed by atoms with Gasteiger partial charge in [0.15, 0.2) is 0 Å². The summed E-state index contributed by atoms with van der Waals surface area (Å²) >= 11 is 0. The average molecular weight is 144 g/mol. The quantitative estimate of drug-likeness (QED) is 0.606. The molecule has 0 saturated carbocycles. The summed E-state index contributed by atoms with van der Waals surface area (Å²) in [6, 6.07) is 0.898. The molecule has 3 N–H and O–H groups in total. The van der Waals surface area contributed by atoms with E-state index in [1.54, 1.807) is 0 Å². The highest BCUT2D eigenvalue weighted by Gasteiger charge is 2.00. The van der Waals surface area contributed by atoms with Crippen LogP contribution in [0.15, 0.2) is 0 Å². The third-order valence-corrected chi connectivity index (χ3v) is 1.45. The molecule has 2 nitrogen and oxygen atoms in total. The van der Waals surface area contributed by atoms with Gasteiger partial charge < -0.3 is 11.1 Å². The molecule has 0 heterocycles. The largest absolute Gasteiger partial charge is 0.327 e. The molecular formula is C8H20N2. The smallest absolute Gasteiger partial charge is 0.0165 e. The van der Waals surface area contributed by atoms with E-state index in [1.165, 1.54) is 6.42 Å². The van der Waals surface area contributed by atoms with Crippen LogP contribution < -0.4 is 11.1 Å². The summed E-state index contributed by atoms with van der Waals surface area (Å²) in [7, 11) is 0. The topological polar surface area (TPSA) is 38.0 Å². The first kappa shape index (κ1) is 9.92. The summed E-state index contributed by atoms with van der Waals surface area (Å²) in [4.78, 5) is 0. The fourth-order valence-electron chi connectivity index (χ4n) is 0.860. The van der Waals surface area contributed by atoms with Crippen LogP contribution in [0.4, 0.5) is 0 Å². The van der Waals surface area contributed by atoms with Crippen molar-refractivity contribution in [2.45, 2.75) is 45.7 Å². The molecule has 0 bridgehead atoms. The molecule has 10 heavy (non-hydrogen) atoms. The second-order valence-electron chi connectivity index (χ2n) is 3.11. The van der Waals surface area contributed by atoms with Gasteiger partial charge in [-0.25, -0.2) is 0 Å². The van der Waals surface area contributed by atoms with Gasteiger partial charge >= 0.3 is 0 Å². The van der Waals surface area contributed by atoms with E-state index >= 15 is 0 Å². The van der Waals surface area contributed by atoms with Crippen LogP contribution in [0.2, 0.25) is 0 Å². The minimum absolute atomic E-state index is 0.340. The second-order valence-corrected chi connectivity index (χ2v) is 3.11. The van der Waals surface area contributed by atoms with Crippen LogP contribution in [-0.4, -0.2) is 18.6 Å². The Morgan fingerprint density at radius 1 is 1.40 bits per heavy atom. The first-order valence-electron chi connectivity index (χ1n) is 4.15. The Kier molecular flexibility index (Phi) is 5.64. The van der Waals surface area contributed by atoms with Crippen LogP contribution >= 0.6 is 0 Å². The van der Waals surface area contributed by atoms with Crippen molar-refractivity contribution in [3.05, 3.63) is 0 Å². The zero-order valence-electron chi connectivity index (χ0n) is 7.35. The minimum atomic E-state index is 0.340. The Morgan fingerprint density at radius 3 is 2.40 bits per heavy atom. The molecule has 0 aromatic carbocycles. The van der Waals surface area contributed by atoms with E-state index in [2.05, 4.69) is 26.1 Å². The zero-order chi connectivity index (χ0) is 7.98.